The Kier molecular flexibility index (Phi) is 8.73. The zero-order chi connectivity index (χ0) is 33.0. The normalized spacial score (nSPS) is 27.5. The number of nitrogens with zero attached hydrogens (tertiary/aromatic N) is 1. The number of fused-ring (bicyclic) bond motifs is 2. The summed E-state index contributed by atoms with van der Waals surface area (Å²) in [5, 5.41) is 11.7. The topological polar surface area (TPSA) is 71.0 Å². The highest BCUT2D eigenvalue weighted by molar-refractivity contribution is 6.04. The fraction of sp³-hybridized carbons (Fsp3) is 0.457. The van der Waals surface area contributed by atoms with E-state index in [4.69, 9.17) is 9.47 Å². The largest absolute Gasteiger partial charge is 0.392 e. The van der Waals surface area contributed by atoms with Gasteiger partial charge in [-0.3, -0.25) is 9.69 Å². The van der Waals surface area contributed by atoms with Crippen molar-refractivity contribution < 1.29 is 41.3 Å². The van der Waals surface area contributed by atoms with E-state index in [-0.39, 0.29) is 35.3 Å². The number of likely N-dealkylation sites (tertiary alicyclic amines) is 1. The van der Waals surface area contributed by atoms with E-state index < -0.39 is 46.8 Å². The van der Waals surface area contributed by atoms with E-state index in [2.05, 4.69) is 31.0 Å². The molecule has 2 N–H and O–H groups in total. The molecule has 0 radical (unpaired) electrons. The number of carbonyl (C=O) groups excluding carboxylic acids is 1. The molecule has 1 amide bonds. The molecule has 3 fully saturated rings. The smallest absolute Gasteiger partial charge is 0.261 e. The van der Waals surface area contributed by atoms with Crippen LogP contribution in [0.15, 0.2) is 48.5 Å². The van der Waals surface area contributed by atoms with E-state index in [0.717, 1.165) is 37.1 Å². The Morgan fingerprint density at radius 1 is 0.870 bits per heavy atom. The number of nitrogens with one attached hydrogen (secondary N) is 1. The van der Waals surface area contributed by atoms with Crippen molar-refractivity contribution in [3.8, 4) is 0 Å². The maximum absolute atomic E-state index is 14.2. The number of hydrogen-bond donors (Lipinski definition) is 2. The molecule has 1 saturated carbocycles. The fourth-order valence-electron chi connectivity index (χ4n) is 7.81. The van der Waals surface area contributed by atoms with Crippen LogP contribution in [0.2, 0.25) is 0 Å². The molecule has 11 heteroatoms. The molecule has 1 aliphatic carbocycles. The van der Waals surface area contributed by atoms with Crippen LogP contribution in [0.3, 0.4) is 0 Å². The lowest BCUT2D eigenvalue weighted by atomic mass is 9.65. The summed E-state index contributed by atoms with van der Waals surface area (Å²) >= 11 is 0. The molecule has 0 spiro atoms. The number of aliphatic hydroxyl groups excluding tert-OH is 1. The van der Waals surface area contributed by atoms with Gasteiger partial charge in [-0.25, -0.2) is 22.0 Å². The van der Waals surface area contributed by atoms with Crippen LogP contribution in [0.5, 0.6) is 0 Å². The van der Waals surface area contributed by atoms with E-state index >= 15 is 0 Å². The molecule has 5 atom stereocenters. The number of benzene rings is 3. The number of aliphatic hydroxyl groups is 1. The average molecular weight is 645 g/mol. The molecule has 246 valence electrons. The number of anilines is 1. The number of ether oxygens (including phenoxy) is 2. The molecule has 2 aliphatic heterocycles. The second-order valence-electron chi connectivity index (χ2n) is 14.0. The van der Waals surface area contributed by atoms with Gasteiger partial charge in [0.2, 0.25) is 5.82 Å². The third kappa shape index (κ3) is 6.43. The first-order chi connectivity index (χ1) is 21.8. The van der Waals surface area contributed by atoms with Crippen LogP contribution in [-0.4, -0.2) is 41.1 Å². The molecular weight excluding hydrogens is 607 g/mol. The Bertz CT molecular complexity index is 1590. The number of carbonyl (C=O) groups is 1. The highest BCUT2D eigenvalue weighted by Gasteiger charge is 2.50. The van der Waals surface area contributed by atoms with Crippen LogP contribution in [0.25, 0.3) is 0 Å². The third-order valence-corrected chi connectivity index (χ3v) is 9.45. The van der Waals surface area contributed by atoms with Gasteiger partial charge >= 0.3 is 0 Å². The van der Waals surface area contributed by atoms with Crippen LogP contribution >= 0.6 is 0 Å². The van der Waals surface area contributed by atoms with Crippen molar-refractivity contribution in [3.05, 3.63) is 99.9 Å². The SMILES string of the molecule is CC1(C)CC2CC(C)(CN2C[C@H]2C[C@@H](c3ccc(CO)cc3)O[C@@H](c3ccc(NC(=O)c4c(F)c(F)c(F)c(F)c4F)cc3)O2)C1. The van der Waals surface area contributed by atoms with Crippen LogP contribution in [0.4, 0.5) is 27.6 Å². The summed E-state index contributed by atoms with van der Waals surface area (Å²) in [4.78, 5) is 15.1. The van der Waals surface area contributed by atoms with Crippen molar-refractivity contribution in [1.82, 2.24) is 4.90 Å². The maximum Gasteiger partial charge on any atom is 0.261 e. The minimum absolute atomic E-state index is 0.0706. The molecule has 2 saturated heterocycles. The van der Waals surface area contributed by atoms with E-state index in [1.807, 2.05) is 24.3 Å². The molecule has 2 bridgehead atoms. The quantitative estimate of drug-likeness (QED) is 0.158. The molecule has 3 aliphatic rings. The Morgan fingerprint density at radius 2 is 1.48 bits per heavy atom. The van der Waals surface area contributed by atoms with Crippen LogP contribution in [0.1, 0.15) is 85.9 Å². The summed E-state index contributed by atoms with van der Waals surface area (Å²) in [6.07, 6.45) is 2.83. The van der Waals surface area contributed by atoms with Gasteiger partial charge in [0.05, 0.1) is 18.8 Å². The lowest BCUT2D eigenvalue weighted by Gasteiger charge is -2.41. The molecule has 3 aromatic rings. The summed E-state index contributed by atoms with van der Waals surface area (Å²) in [7, 11) is 0. The molecule has 6 nitrogen and oxygen atoms in total. The lowest BCUT2D eigenvalue weighted by molar-refractivity contribution is -0.253. The summed E-state index contributed by atoms with van der Waals surface area (Å²) in [5.41, 5.74) is 1.37. The summed E-state index contributed by atoms with van der Waals surface area (Å²) in [6.45, 7) is 8.70. The molecule has 6 rings (SSSR count). The second-order valence-corrected chi connectivity index (χ2v) is 14.0. The fourth-order valence-corrected chi connectivity index (χ4v) is 7.81. The molecule has 3 aromatic carbocycles. The zero-order valence-electron chi connectivity index (χ0n) is 25.9. The average Bonchev–Trinajstić information content (AvgIpc) is 3.26. The van der Waals surface area contributed by atoms with Gasteiger partial charge in [0.25, 0.3) is 5.91 Å². The standard InChI is InChI=1S/C35H37F5N2O4/c1-34(2)13-23-14-35(3,17-34)18-42(23)15-24-12-25(20-6-4-19(16-43)5-7-20)46-33(45-24)21-8-10-22(11-9-21)41-32(44)26-27(36)29(38)31(40)30(39)28(26)37/h4-11,23-25,33,43H,12-18H2,1-3H3,(H,41,44)/t23?,24-,25+,33+,35?/m1/s1. The van der Waals surface area contributed by atoms with Crippen molar-refractivity contribution in [2.75, 3.05) is 18.4 Å². The molecule has 0 aromatic heterocycles. The summed E-state index contributed by atoms with van der Waals surface area (Å²) in [6, 6.07) is 14.1. The van der Waals surface area contributed by atoms with Gasteiger partial charge in [0.15, 0.2) is 29.6 Å². The van der Waals surface area contributed by atoms with E-state index in [1.165, 1.54) is 18.6 Å². The van der Waals surface area contributed by atoms with E-state index in [0.29, 0.717) is 18.0 Å². The third-order valence-electron chi connectivity index (χ3n) is 9.45. The van der Waals surface area contributed by atoms with E-state index in [9.17, 15) is 31.9 Å². The van der Waals surface area contributed by atoms with Crippen molar-refractivity contribution in [1.29, 1.82) is 0 Å². The number of amides is 1. The Morgan fingerprint density at radius 3 is 2.11 bits per heavy atom. The maximum atomic E-state index is 14.2. The minimum atomic E-state index is -2.34. The molecule has 2 unspecified atom stereocenters. The molecule has 46 heavy (non-hydrogen) atoms. The molecular formula is C35H37F5N2O4. The summed E-state index contributed by atoms with van der Waals surface area (Å²) in [5.74, 6) is -12.6. The van der Waals surface area contributed by atoms with Gasteiger partial charge in [0.1, 0.15) is 5.56 Å². The van der Waals surface area contributed by atoms with Gasteiger partial charge in [-0.1, -0.05) is 57.2 Å². The summed E-state index contributed by atoms with van der Waals surface area (Å²) < 4.78 is 82.0. The predicted molar refractivity (Wildman–Crippen MR) is 160 cm³/mol. The zero-order valence-corrected chi connectivity index (χ0v) is 25.9. The minimum Gasteiger partial charge on any atom is -0.392 e. The van der Waals surface area contributed by atoms with Gasteiger partial charge in [0, 0.05) is 36.8 Å². The van der Waals surface area contributed by atoms with Gasteiger partial charge in [-0.2, -0.15) is 0 Å². The van der Waals surface area contributed by atoms with Crippen molar-refractivity contribution in [2.24, 2.45) is 10.8 Å². The first-order valence-electron chi connectivity index (χ1n) is 15.4. The monoisotopic (exact) mass is 644 g/mol. The predicted octanol–water partition coefficient (Wildman–Crippen LogP) is 7.57. The first kappa shape index (κ1) is 32.6. The Balaban J connectivity index is 1.21. The first-order valence-corrected chi connectivity index (χ1v) is 15.4. The lowest BCUT2D eigenvalue weighted by Crippen LogP contribution is -2.42. The number of halogens is 5. The van der Waals surface area contributed by atoms with Crippen molar-refractivity contribution >= 4 is 11.6 Å². The van der Waals surface area contributed by atoms with Crippen molar-refractivity contribution in [2.45, 2.75) is 77.6 Å². The number of hydrogen-bond acceptors (Lipinski definition) is 5. The highest BCUT2D eigenvalue weighted by Crippen LogP contribution is 2.53. The van der Waals surface area contributed by atoms with Gasteiger partial charge in [-0.05, 0) is 53.4 Å². The van der Waals surface area contributed by atoms with Crippen LogP contribution < -0.4 is 5.32 Å². The number of rotatable bonds is 7. The van der Waals surface area contributed by atoms with Gasteiger partial charge < -0.3 is 19.9 Å². The Labute approximate surface area is 264 Å². The Hall–Kier alpha value is -3.38. The molecule has 2 heterocycles. The highest BCUT2D eigenvalue weighted by atomic mass is 19.2. The van der Waals surface area contributed by atoms with E-state index in [1.54, 1.807) is 12.1 Å². The second kappa shape index (κ2) is 12.3. The van der Waals surface area contributed by atoms with Gasteiger partial charge in [-0.15, -0.1) is 0 Å². The van der Waals surface area contributed by atoms with Crippen molar-refractivity contribution in [3.63, 3.8) is 0 Å². The van der Waals surface area contributed by atoms with Crippen LogP contribution in [0, 0.1) is 39.9 Å². The van der Waals surface area contributed by atoms with Crippen LogP contribution in [-0.2, 0) is 16.1 Å².